The third-order valence-electron chi connectivity index (χ3n) is 5.40. The van der Waals surface area contributed by atoms with Crippen LogP contribution in [0.5, 0.6) is 0 Å². The van der Waals surface area contributed by atoms with Crippen LogP contribution in [0.15, 0.2) is 70.2 Å². The Balaban J connectivity index is 1.39. The second kappa shape index (κ2) is 10.8. The van der Waals surface area contributed by atoms with Gasteiger partial charge in [-0.25, -0.2) is 4.99 Å². The lowest BCUT2D eigenvalue weighted by molar-refractivity contribution is -0.118. The molecule has 0 unspecified atom stereocenters. The average Bonchev–Trinajstić information content (AvgIpc) is 2.98. The largest absolute Gasteiger partial charge is 0.355 e. The highest BCUT2D eigenvalue weighted by atomic mass is 35.5. The molecule has 0 aromatic heterocycles. The molecule has 1 amide bonds. The molecule has 4 nitrogen and oxygen atoms in total. The van der Waals surface area contributed by atoms with E-state index in [-0.39, 0.29) is 5.91 Å². The minimum atomic E-state index is 0.0478. The van der Waals surface area contributed by atoms with Crippen molar-refractivity contribution in [2.75, 3.05) is 12.3 Å². The molecule has 1 heterocycles. The fourth-order valence-electron chi connectivity index (χ4n) is 3.74. The normalized spacial score (nSPS) is 15.8. The van der Waals surface area contributed by atoms with E-state index < -0.39 is 0 Å². The van der Waals surface area contributed by atoms with Crippen LogP contribution in [0.4, 0.5) is 11.4 Å². The quantitative estimate of drug-likeness (QED) is 0.501. The number of carbonyl (C=O) groups excluding carboxylic acids is 1. The predicted molar refractivity (Wildman–Crippen MR) is 132 cm³/mol. The lowest BCUT2D eigenvalue weighted by atomic mass is 9.97. The minimum absolute atomic E-state index is 0.0478. The van der Waals surface area contributed by atoms with Gasteiger partial charge in [-0.3, -0.25) is 9.79 Å². The summed E-state index contributed by atoms with van der Waals surface area (Å²) in [6, 6.07) is 15.5. The Bertz CT molecular complexity index is 1030. The number of aliphatic imine (C=N–C) groups is 2. The van der Waals surface area contributed by atoms with Crippen molar-refractivity contribution < 1.29 is 4.79 Å². The van der Waals surface area contributed by atoms with Gasteiger partial charge in [-0.15, -0.1) is 11.8 Å². The molecule has 4 rings (SSSR count). The Kier molecular flexibility index (Phi) is 7.60. The first-order valence-electron chi connectivity index (χ1n) is 10.7. The van der Waals surface area contributed by atoms with Crippen molar-refractivity contribution in [3.63, 3.8) is 0 Å². The summed E-state index contributed by atoms with van der Waals surface area (Å²) >= 11 is 7.54. The third kappa shape index (κ3) is 6.31. The fraction of sp³-hybridized carbons (Fsp3) is 0.320. The number of thioether (sulfide) groups is 1. The Morgan fingerprint density at radius 2 is 1.81 bits per heavy atom. The first kappa shape index (κ1) is 21.8. The molecular weight excluding hydrogens is 426 g/mol. The first-order valence-corrected chi connectivity index (χ1v) is 12.1. The molecule has 0 fully saturated rings. The van der Waals surface area contributed by atoms with Crippen molar-refractivity contribution in [2.24, 2.45) is 9.98 Å². The number of rotatable bonds is 6. The van der Waals surface area contributed by atoms with E-state index in [2.05, 4.69) is 11.4 Å². The molecule has 0 saturated carbocycles. The van der Waals surface area contributed by atoms with Gasteiger partial charge in [0.15, 0.2) is 0 Å². The molecule has 1 aliphatic heterocycles. The van der Waals surface area contributed by atoms with Crippen LogP contribution in [-0.2, 0) is 4.79 Å². The summed E-state index contributed by atoms with van der Waals surface area (Å²) in [4.78, 5) is 22.1. The van der Waals surface area contributed by atoms with Crippen LogP contribution in [0.25, 0.3) is 0 Å². The zero-order chi connectivity index (χ0) is 21.5. The van der Waals surface area contributed by atoms with Crippen LogP contribution in [0.2, 0.25) is 5.02 Å². The second-order valence-electron chi connectivity index (χ2n) is 7.73. The molecule has 1 N–H and O–H groups in total. The van der Waals surface area contributed by atoms with Gasteiger partial charge in [-0.05, 0) is 61.9 Å². The maximum absolute atomic E-state index is 12.4. The molecule has 1 aliphatic carbocycles. The van der Waals surface area contributed by atoms with Gasteiger partial charge in [0.05, 0.1) is 27.9 Å². The van der Waals surface area contributed by atoms with Gasteiger partial charge in [0.1, 0.15) is 0 Å². The SMILES string of the molecule is O=C(CSC1=Nc2ccccc2N=C(c2ccc(Cl)cc2)C1)NCCC1=CCCCC1. The predicted octanol–water partition coefficient (Wildman–Crippen LogP) is 6.63. The molecule has 2 aromatic rings. The number of carbonyl (C=O) groups is 1. The lowest BCUT2D eigenvalue weighted by Crippen LogP contribution is -2.27. The van der Waals surface area contributed by atoms with Crippen molar-refractivity contribution >= 4 is 51.4 Å². The fourth-order valence-corrected chi connectivity index (χ4v) is 4.67. The van der Waals surface area contributed by atoms with E-state index in [9.17, 15) is 4.79 Å². The van der Waals surface area contributed by atoms with Crippen molar-refractivity contribution in [3.05, 3.63) is 70.8 Å². The van der Waals surface area contributed by atoms with E-state index in [1.54, 1.807) is 0 Å². The highest BCUT2D eigenvalue weighted by Crippen LogP contribution is 2.33. The molecule has 0 bridgehead atoms. The number of hydrogen-bond acceptors (Lipinski definition) is 4. The number of nitrogens with zero attached hydrogens (tertiary/aromatic N) is 2. The molecule has 2 aromatic carbocycles. The van der Waals surface area contributed by atoms with E-state index in [4.69, 9.17) is 21.6 Å². The molecule has 0 saturated heterocycles. The summed E-state index contributed by atoms with van der Waals surface area (Å²) in [5.41, 5.74) is 5.09. The van der Waals surface area contributed by atoms with Crippen LogP contribution in [0.3, 0.4) is 0 Å². The summed E-state index contributed by atoms with van der Waals surface area (Å²) in [6.07, 6.45) is 8.79. The third-order valence-corrected chi connectivity index (χ3v) is 6.63. The number of fused-ring (bicyclic) bond motifs is 1. The van der Waals surface area contributed by atoms with E-state index in [0.29, 0.717) is 23.7 Å². The van der Waals surface area contributed by atoms with Gasteiger partial charge in [0.25, 0.3) is 0 Å². The molecule has 0 spiro atoms. The standard InChI is InChI=1S/C25H26ClN3OS/c26-20-12-10-19(11-13-20)23-16-25(29-22-9-5-4-8-21(22)28-23)31-17-24(30)27-15-14-18-6-2-1-3-7-18/h4-6,8-13H,1-3,7,14-17H2,(H,27,30). The number of benzene rings is 2. The van der Waals surface area contributed by atoms with Gasteiger partial charge >= 0.3 is 0 Å². The Morgan fingerprint density at radius 1 is 1.03 bits per heavy atom. The average molecular weight is 452 g/mol. The molecule has 2 aliphatic rings. The topological polar surface area (TPSA) is 53.8 Å². The van der Waals surface area contributed by atoms with Gasteiger partial charge in [0, 0.05) is 18.0 Å². The molecule has 6 heteroatoms. The van der Waals surface area contributed by atoms with Crippen LogP contribution >= 0.6 is 23.4 Å². The summed E-state index contributed by atoms with van der Waals surface area (Å²) < 4.78 is 0. The molecule has 31 heavy (non-hydrogen) atoms. The number of hydrogen-bond donors (Lipinski definition) is 1. The molecule has 0 atom stereocenters. The Labute approximate surface area is 192 Å². The monoisotopic (exact) mass is 451 g/mol. The number of para-hydroxylation sites is 2. The number of amides is 1. The highest BCUT2D eigenvalue weighted by molar-refractivity contribution is 8.14. The Morgan fingerprint density at radius 3 is 2.55 bits per heavy atom. The van der Waals surface area contributed by atoms with Crippen molar-refractivity contribution in [1.29, 1.82) is 0 Å². The molecular formula is C25H26ClN3OS. The van der Waals surface area contributed by atoms with E-state index in [1.165, 1.54) is 43.0 Å². The van der Waals surface area contributed by atoms with Crippen LogP contribution in [0.1, 0.15) is 44.1 Å². The van der Waals surface area contributed by atoms with Gasteiger partial charge in [0.2, 0.25) is 5.91 Å². The zero-order valence-electron chi connectivity index (χ0n) is 17.4. The van der Waals surface area contributed by atoms with Gasteiger partial charge in [-0.2, -0.15) is 0 Å². The van der Waals surface area contributed by atoms with Crippen LogP contribution in [-0.4, -0.2) is 29.0 Å². The van der Waals surface area contributed by atoms with Crippen molar-refractivity contribution in [1.82, 2.24) is 5.32 Å². The Hall–Kier alpha value is -2.37. The van der Waals surface area contributed by atoms with Crippen LogP contribution in [0, 0.1) is 0 Å². The smallest absolute Gasteiger partial charge is 0.230 e. The van der Waals surface area contributed by atoms with Gasteiger partial charge < -0.3 is 5.32 Å². The first-order chi connectivity index (χ1) is 15.2. The minimum Gasteiger partial charge on any atom is -0.355 e. The molecule has 160 valence electrons. The van der Waals surface area contributed by atoms with Crippen molar-refractivity contribution in [2.45, 2.75) is 38.5 Å². The highest BCUT2D eigenvalue weighted by Gasteiger charge is 2.16. The van der Waals surface area contributed by atoms with Gasteiger partial charge in [-0.1, -0.05) is 47.5 Å². The van der Waals surface area contributed by atoms with Crippen LogP contribution < -0.4 is 5.32 Å². The number of allylic oxidation sites excluding steroid dienone is 1. The van der Waals surface area contributed by atoms with Crippen molar-refractivity contribution in [3.8, 4) is 0 Å². The second-order valence-corrected chi connectivity index (χ2v) is 9.22. The number of halogens is 1. The number of nitrogens with one attached hydrogen (secondary N) is 1. The summed E-state index contributed by atoms with van der Waals surface area (Å²) in [5, 5.41) is 4.64. The maximum atomic E-state index is 12.4. The zero-order valence-corrected chi connectivity index (χ0v) is 19.0. The maximum Gasteiger partial charge on any atom is 0.230 e. The van der Waals surface area contributed by atoms with E-state index in [0.717, 1.165) is 34.1 Å². The lowest BCUT2D eigenvalue weighted by Gasteiger charge is -2.13. The van der Waals surface area contributed by atoms with E-state index in [1.807, 2.05) is 48.5 Å². The summed E-state index contributed by atoms with van der Waals surface area (Å²) in [5.74, 6) is 0.403. The summed E-state index contributed by atoms with van der Waals surface area (Å²) in [6.45, 7) is 0.706. The molecule has 0 radical (unpaired) electrons. The van der Waals surface area contributed by atoms with E-state index >= 15 is 0 Å². The summed E-state index contributed by atoms with van der Waals surface area (Å²) in [7, 11) is 0.